The number of alkyl halides is 2. The second-order valence-electron chi connectivity index (χ2n) is 5.42. The lowest BCUT2D eigenvalue weighted by Gasteiger charge is -2.33. The predicted molar refractivity (Wildman–Crippen MR) is 62.8 cm³/mol. The maximum Gasteiger partial charge on any atom is 0.248 e. The third-order valence-corrected chi connectivity index (χ3v) is 4.10. The van der Waals surface area contributed by atoms with Gasteiger partial charge < -0.3 is 9.88 Å². The van der Waals surface area contributed by atoms with Gasteiger partial charge in [0.05, 0.1) is 6.04 Å². The van der Waals surface area contributed by atoms with Gasteiger partial charge >= 0.3 is 0 Å². The highest BCUT2D eigenvalue weighted by atomic mass is 19.3. The van der Waals surface area contributed by atoms with E-state index in [9.17, 15) is 8.78 Å². The van der Waals surface area contributed by atoms with E-state index >= 15 is 0 Å². The Bertz CT molecular complexity index is 429. The van der Waals surface area contributed by atoms with Crippen molar-refractivity contribution in [2.75, 3.05) is 13.1 Å². The molecule has 1 aliphatic carbocycles. The fourth-order valence-electron chi connectivity index (χ4n) is 2.87. The summed E-state index contributed by atoms with van der Waals surface area (Å²) in [5, 5.41) is 11.6. The van der Waals surface area contributed by atoms with Crippen LogP contribution in [0.1, 0.15) is 49.3 Å². The molecule has 3 rings (SSSR count). The monoisotopic (exact) mass is 256 g/mol. The molecule has 0 spiro atoms. The lowest BCUT2D eigenvalue weighted by molar-refractivity contribution is -0.0391. The summed E-state index contributed by atoms with van der Waals surface area (Å²) < 4.78 is 28.5. The molecule has 1 aromatic heterocycles. The number of halogens is 2. The summed E-state index contributed by atoms with van der Waals surface area (Å²) in [4.78, 5) is 0. The third kappa shape index (κ3) is 2.02. The van der Waals surface area contributed by atoms with Crippen molar-refractivity contribution in [1.29, 1.82) is 0 Å². The standard InChI is InChI=1S/C12H18F2N4/c1-8-16-17-11(18(8)10-6-15-7-10)9-2-4-12(13,14)5-3-9/h9-10,15H,2-7H2,1H3. The van der Waals surface area contributed by atoms with Crippen LogP contribution >= 0.6 is 0 Å². The molecule has 6 heteroatoms. The van der Waals surface area contributed by atoms with Crippen molar-refractivity contribution in [2.24, 2.45) is 0 Å². The van der Waals surface area contributed by atoms with Crippen molar-refractivity contribution in [3.05, 3.63) is 11.6 Å². The van der Waals surface area contributed by atoms with Gasteiger partial charge in [-0.2, -0.15) is 0 Å². The van der Waals surface area contributed by atoms with Gasteiger partial charge in [0.15, 0.2) is 0 Å². The average Bonchev–Trinajstić information content (AvgIpc) is 2.60. The number of rotatable bonds is 2. The number of hydrogen-bond donors (Lipinski definition) is 1. The van der Waals surface area contributed by atoms with Gasteiger partial charge in [0.2, 0.25) is 5.92 Å². The molecular weight excluding hydrogens is 238 g/mol. The van der Waals surface area contributed by atoms with Crippen LogP contribution in [0.5, 0.6) is 0 Å². The minimum atomic E-state index is -2.48. The first kappa shape index (κ1) is 12.0. The van der Waals surface area contributed by atoms with Gasteiger partial charge in [-0.3, -0.25) is 0 Å². The fraction of sp³-hybridized carbons (Fsp3) is 0.833. The molecule has 1 aromatic rings. The zero-order valence-electron chi connectivity index (χ0n) is 10.5. The van der Waals surface area contributed by atoms with Crippen molar-refractivity contribution in [2.45, 2.75) is 50.5 Å². The van der Waals surface area contributed by atoms with Crippen molar-refractivity contribution in [3.63, 3.8) is 0 Å². The minimum absolute atomic E-state index is 0.0213. The molecule has 1 aliphatic heterocycles. The van der Waals surface area contributed by atoms with Crippen LogP contribution in [0.15, 0.2) is 0 Å². The highest BCUT2D eigenvalue weighted by Crippen LogP contribution is 2.41. The molecule has 2 aliphatic rings. The second-order valence-corrected chi connectivity index (χ2v) is 5.42. The van der Waals surface area contributed by atoms with Crippen LogP contribution in [0, 0.1) is 6.92 Å². The molecule has 4 nitrogen and oxygen atoms in total. The summed E-state index contributed by atoms with van der Waals surface area (Å²) in [5.41, 5.74) is 0. The number of aryl methyl sites for hydroxylation is 1. The number of aromatic nitrogens is 3. The largest absolute Gasteiger partial charge is 0.313 e. The quantitative estimate of drug-likeness (QED) is 0.880. The van der Waals surface area contributed by atoms with Gasteiger partial charge in [0, 0.05) is 31.8 Å². The van der Waals surface area contributed by atoms with E-state index in [1.54, 1.807) is 0 Å². The first-order valence-corrected chi connectivity index (χ1v) is 6.57. The third-order valence-electron chi connectivity index (χ3n) is 4.10. The van der Waals surface area contributed by atoms with Gasteiger partial charge in [0.1, 0.15) is 11.6 Å². The summed E-state index contributed by atoms with van der Waals surface area (Å²) in [6.45, 7) is 3.79. The van der Waals surface area contributed by atoms with E-state index in [0.717, 1.165) is 24.7 Å². The molecule has 0 aromatic carbocycles. The van der Waals surface area contributed by atoms with Crippen LogP contribution in [0.25, 0.3) is 0 Å². The molecule has 2 fully saturated rings. The van der Waals surface area contributed by atoms with Crippen LogP contribution in [0.4, 0.5) is 8.78 Å². The number of hydrogen-bond acceptors (Lipinski definition) is 3. The summed E-state index contributed by atoms with van der Waals surface area (Å²) in [6, 6.07) is 0.400. The maximum atomic E-state index is 13.2. The molecule has 2 heterocycles. The molecule has 1 saturated heterocycles. The van der Waals surface area contributed by atoms with E-state index in [1.165, 1.54) is 0 Å². The Kier molecular flexibility index (Phi) is 2.84. The van der Waals surface area contributed by atoms with Crippen LogP contribution in [-0.2, 0) is 0 Å². The van der Waals surface area contributed by atoms with Gasteiger partial charge in [-0.15, -0.1) is 10.2 Å². The second kappa shape index (κ2) is 4.26. The normalized spacial score (nSPS) is 25.1. The molecule has 1 saturated carbocycles. The molecule has 0 unspecified atom stereocenters. The Hall–Kier alpha value is -1.04. The van der Waals surface area contributed by atoms with Gasteiger partial charge in [0.25, 0.3) is 0 Å². The molecule has 0 amide bonds. The van der Waals surface area contributed by atoms with Crippen LogP contribution in [0.2, 0.25) is 0 Å². The molecule has 100 valence electrons. The summed E-state index contributed by atoms with van der Waals surface area (Å²) in [7, 11) is 0. The van der Waals surface area contributed by atoms with E-state index < -0.39 is 5.92 Å². The van der Waals surface area contributed by atoms with Crippen LogP contribution in [0.3, 0.4) is 0 Å². The van der Waals surface area contributed by atoms with E-state index in [1.807, 2.05) is 6.92 Å². The Morgan fingerprint density at radius 1 is 1.22 bits per heavy atom. The molecule has 0 bridgehead atoms. The highest BCUT2D eigenvalue weighted by molar-refractivity contribution is 5.07. The number of nitrogens with one attached hydrogen (secondary N) is 1. The fourth-order valence-corrected chi connectivity index (χ4v) is 2.87. The zero-order valence-corrected chi connectivity index (χ0v) is 10.5. The topological polar surface area (TPSA) is 42.7 Å². The lowest BCUT2D eigenvalue weighted by atomic mass is 9.86. The molecule has 0 radical (unpaired) electrons. The molecule has 1 N–H and O–H groups in total. The summed E-state index contributed by atoms with van der Waals surface area (Å²) >= 11 is 0. The summed E-state index contributed by atoms with van der Waals surface area (Å²) in [6.07, 6.45) is 0.996. The van der Waals surface area contributed by atoms with Crippen molar-refractivity contribution >= 4 is 0 Å². The van der Waals surface area contributed by atoms with Crippen LogP contribution < -0.4 is 5.32 Å². The lowest BCUT2D eigenvalue weighted by Crippen LogP contribution is -2.44. The van der Waals surface area contributed by atoms with Crippen LogP contribution in [-0.4, -0.2) is 33.8 Å². The number of nitrogens with zero attached hydrogens (tertiary/aromatic N) is 3. The molecule has 18 heavy (non-hydrogen) atoms. The Morgan fingerprint density at radius 2 is 1.89 bits per heavy atom. The van der Waals surface area contributed by atoms with Gasteiger partial charge in [-0.05, 0) is 19.8 Å². The first-order valence-electron chi connectivity index (χ1n) is 6.57. The molecular formula is C12H18F2N4. The van der Waals surface area contributed by atoms with Crippen molar-refractivity contribution < 1.29 is 8.78 Å². The Morgan fingerprint density at radius 3 is 2.44 bits per heavy atom. The average molecular weight is 256 g/mol. The van der Waals surface area contributed by atoms with Gasteiger partial charge in [-0.25, -0.2) is 8.78 Å². The SMILES string of the molecule is Cc1nnc(C2CCC(F)(F)CC2)n1C1CNC1. The van der Waals surface area contributed by atoms with Crippen molar-refractivity contribution in [3.8, 4) is 0 Å². The maximum absolute atomic E-state index is 13.2. The minimum Gasteiger partial charge on any atom is -0.313 e. The van der Waals surface area contributed by atoms with E-state index in [2.05, 4.69) is 20.1 Å². The van der Waals surface area contributed by atoms with Gasteiger partial charge in [-0.1, -0.05) is 0 Å². The molecule has 0 atom stereocenters. The van der Waals surface area contributed by atoms with E-state index in [-0.39, 0.29) is 18.8 Å². The van der Waals surface area contributed by atoms with E-state index in [4.69, 9.17) is 0 Å². The van der Waals surface area contributed by atoms with Crippen molar-refractivity contribution in [1.82, 2.24) is 20.1 Å². The predicted octanol–water partition coefficient (Wildman–Crippen LogP) is 2.02. The Balaban J connectivity index is 1.80. The smallest absolute Gasteiger partial charge is 0.248 e. The first-order chi connectivity index (χ1) is 8.57. The zero-order chi connectivity index (χ0) is 12.8. The summed E-state index contributed by atoms with van der Waals surface area (Å²) in [5.74, 6) is -0.524. The van der Waals surface area contributed by atoms with E-state index in [0.29, 0.717) is 18.9 Å². The Labute approximate surface area is 105 Å². The highest BCUT2D eigenvalue weighted by Gasteiger charge is 2.38.